The molecule has 104 valence electrons. The quantitative estimate of drug-likeness (QED) is 0.592. The molecule has 0 N–H and O–H groups in total. The van der Waals surface area contributed by atoms with E-state index in [0.29, 0.717) is 12.3 Å². The summed E-state index contributed by atoms with van der Waals surface area (Å²) in [6.07, 6.45) is 11.9. The topological polar surface area (TPSA) is 30.0 Å². The van der Waals surface area contributed by atoms with Crippen molar-refractivity contribution in [3.8, 4) is 0 Å². The highest BCUT2D eigenvalue weighted by Gasteiger charge is 2.18. The largest absolute Gasteiger partial charge is 0.294 e. The molecular formula is C18H21NO. The lowest BCUT2D eigenvalue weighted by molar-refractivity contribution is 0.0958. The number of benzene rings is 1. The summed E-state index contributed by atoms with van der Waals surface area (Å²) >= 11 is 0. The summed E-state index contributed by atoms with van der Waals surface area (Å²) in [5, 5.41) is 2.10. The van der Waals surface area contributed by atoms with Crippen LogP contribution in [-0.2, 0) is 0 Å². The van der Waals surface area contributed by atoms with Gasteiger partial charge in [-0.05, 0) is 11.3 Å². The van der Waals surface area contributed by atoms with Gasteiger partial charge in [-0.1, -0.05) is 62.8 Å². The molecule has 3 rings (SSSR count). The maximum atomic E-state index is 12.6. The predicted molar refractivity (Wildman–Crippen MR) is 81.9 cm³/mol. The summed E-state index contributed by atoms with van der Waals surface area (Å²) in [5.74, 6) is 0.838. The minimum Gasteiger partial charge on any atom is -0.294 e. The monoisotopic (exact) mass is 267 g/mol. The summed E-state index contributed by atoms with van der Waals surface area (Å²) in [7, 11) is 0. The van der Waals surface area contributed by atoms with E-state index in [0.717, 1.165) is 16.3 Å². The highest BCUT2D eigenvalue weighted by Crippen LogP contribution is 2.28. The highest BCUT2D eigenvalue weighted by molar-refractivity contribution is 6.07. The van der Waals surface area contributed by atoms with Crippen molar-refractivity contribution < 1.29 is 4.79 Å². The van der Waals surface area contributed by atoms with Crippen LogP contribution in [0.3, 0.4) is 0 Å². The lowest BCUT2D eigenvalue weighted by Crippen LogP contribution is -2.09. The van der Waals surface area contributed by atoms with Crippen molar-refractivity contribution in [2.24, 2.45) is 5.92 Å². The van der Waals surface area contributed by atoms with Crippen molar-refractivity contribution in [1.29, 1.82) is 0 Å². The van der Waals surface area contributed by atoms with E-state index in [1.807, 2.05) is 30.5 Å². The Morgan fingerprint density at radius 2 is 1.80 bits per heavy atom. The molecule has 1 aromatic heterocycles. The third-order valence-corrected chi connectivity index (χ3v) is 4.42. The Kier molecular flexibility index (Phi) is 4.10. The summed E-state index contributed by atoms with van der Waals surface area (Å²) in [6.45, 7) is 0. The van der Waals surface area contributed by atoms with Gasteiger partial charge in [0.2, 0.25) is 0 Å². The fourth-order valence-electron chi connectivity index (χ4n) is 3.28. The number of ketones is 1. The second-order valence-electron chi connectivity index (χ2n) is 5.89. The zero-order chi connectivity index (χ0) is 13.8. The Labute approximate surface area is 120 Å². The minimum atomic E-state index is 0.265. The number of nitrogens with zero attached hydrogens (tertiary/aromatic N) is 1. The standard InChI is InChI=1S/C18H21NO/c20-18(11-14-7-3-1-2-4-8-14)17-13-19-12-15-9-5-6-10-16(15)17/h5-6,9-10,12-14H,1-4,7-8,11H2. The predicted octanol–water partition coefficient (Wildman–Crippen LogP) is 4.78. The Balaban J connectivity index is 1.81. The number of fused-ring (bicyclic) bond motifs is 1. The van der Waals surface area contributed by atoms with E-state index in [1.165, 1.54) is 38.5 Å². The molecular weight excluding hydrogens is 246 g/mol. The van der Waals surface area contributed by atoms with E-state index in [4.69, 9.17) is 0 Å². The average molecular weight is 267 g/mol. The van der Waals surface area contributed by atoms with E-state index in [2.05, 4.69) is 4.98 Å². The van der Waals surface area contributed by atoms with E-state index >= 15 is 0 Å². The van der Waals surface area contributed by atoms with Crippen LogP contribution in [-0.4, -0.2) is 10.8 Å². The maximum absolute atomic E-state index is 12.6. The lowest BCUT2D eigenvalue weighted by Gasteiger charge is -2.13. The molecule has 2 heteroatoms. The smallest absolute Gasteiger partial charge is 0.165 e. The van der Waals surface area contributed by atoms with Crippen LogP contribution in [0.25, 0.3) is 10.8 Å². The van der Waals surface area contributed by atoms with Gasteiger partial charge in [-0.3, -0.25) is 9.78 Å². The first kappa shape index (κ1) is 13.3. The molecule has 0 spiro atoms. The average Bonchev–Trinajstić information content (AvgIpc) is 2.75. The number of hydrogen-bond donors (Lipinski definition) is 0. The zero-order valence-corrected chi connectivity index (χ0v) is 11.8. The van der Waals surface area contributed by atoms with Crippen molar-refractivity contribution in [3.05, 3.63) is 42.2 Å². The molecule has 1 saturated carbocycles. The third-order valence-electron chi connectivity index (χ3n) is 4.42. The number of Topliss-reactive ketones (excluding diaryl/α,β-unsaturated/α-hetero) is 1. The molecule has 1 aliphatic rings. The molecule has 0 radical (unpaired) electrons. The molecule has 0 aliphatic heterocycles. The van der Waals surface area contributed by atoms with Gasteiger partial charge < -0.3 is 0 Å². The summed E-state index contributed by atoms with van der Waals surface area (Å²) < 4.78 is 0. The fourth-order valence-corrected chi connectivity index (χ4v) is 3.28. The van der Waals surface area contributed by atoms with Gasteiger partial charge in [-0.2, -0.15) is 0 Å². The molecule has 20 heavy (non-hydrogen) atoms. The Morgan fingerprint density at radius 1 is 1.05 bits per heavy atom. The summed E-state index contributed by atoms with van der Waals surface area (Å²) in [4.78, 5) is 16.8. The van der Waals surface area contributed by atoms with Gasteiger partial charge >= 0.3 is 0 Å². The van der Waals surface area contributed by atoms with E-state index < -0.39 is 0 Å². The Morgan fingerprint density at radius 3 is 2.60 bits per heavy atom. The number of rotatable bonds is 3. The van der Waals surface area contributed by atoms with Gasteiger partial charge in [0.05, 0.1) is 0 Å². The molecule has 0 bridgehead atoms. The Bertz CT molecular complexity index is 592. The minimum absolute atomic E-state index is 0.265. The van der Waals surface area contributed by atoms with E-state index in [9.17, 15) is 4.79 Å². The first-order valence-corrected chi connectivity index (χ1v) is 7.70. The third kappa shape index (κ3) is 2.90. The van der Waals surface area contributed by atoms with Crippen LogP contribution in [0.4, 0.5) is 0 Å². The second kappa shape index (κ2) is 6.17. The van der Waals surface area contributed by atoms with Gasteiger partial charge in [0.25, 0.3) is 0 Å². The van der Waals surface area contributed by atoms with Gasteiger partial charge in [0.15, 0.2) is 5.78 Å². The molecule has 0 unspecified atom stereocenters. The number of carbonyl (C=O) groups excluding carboxylic acids is 1. The summed E-state index contributed by atoms with van der Waals surface area (Å²) in [6, 6.07) is 8.02. The molecule has 2 nitrogen and oxygen atoms in total. The number of pyridine rings is 1. The number of carbonyl (C=O) groups is 1. The normalized spacial score (nSPS) is 17.0. The van der Waals surface area contributed by atoms with Crippen molar-refractivity contribution in [3.63, 3.8) is 0 Å². The molecule has 0 atom stereocenters. The molecule has 0 saturated heterocycles. The van der Waals surface area contributed by atoms with Crippen LogP contribution < -0.4 is 0 Å². The Hall–Kier alpha value is -1.70. The van der Waals surface area contributed by atoms with Crippen LogP contribution >= 0.6 is 0 Å². The zero-order valence-electron chi connectivity index (χ0n) is 11.8. The van der Waals surface area contributed by atoms with Crippen LogP contribution in [0.1, 0.15) is 55.3 Å². The second-order valence-corrected chi connectivity index (χ2v) is 5.89. The first-order valence-electron chi connectivity index (χ1n) is 7.70. The fraction of sp³-hybridized carbons (Fsp3) is 0.444. The number of aromatic nitrogens is 1. The van der Waals surface area contributed by atoms with Crippen molar-refractivity contribution in [2.75, 3.05) is 0 Å². The van der Waals surface area contributed by atoms with Crippen molar-refractivity contribution >= 4 is 16.6 Å². The summed E-state index contributed by atoms with van der Waals surface area (Å²) in [5.41, 5.74) is 0.798. The lowest BCUT2D eigenvalue weighted by atomic mass is 9.91. The maximum Gasteiger partial charge on any atom is 0.165 e. The molecule has 1 heterocycles. The molecule has 2 aromatic rings. The first-order chi connectivity index (χ1) is 9.84. The SMILES string of the molecule is O=C(CC1CCCCCC1)c1cncc2ccccc12. The molecule has 1 aliphatic carbocycles. The van der Waals surface area contributed by atoms with Gasteiger partial charge in [0.1, 0.15) is 0 Å². The van der Waals surface area contributed by atoms with Crippen molar-refractivity contribution in [1.82, 2.24) is 4.98 Å². The molecule has 1 aromatic carbocycles. The number of hydrogen-bond acceptors (Lipinski definition) is 2. The van der Waals surface area contributed by atoms with Crippen LogP contribution in [0.15, 0.2) is 36.7 Å². The van der Waals surface area contributed by atoms with E-state index in [1.54, 1.807) is 6.20 Å². The molecule has 1 fully saturated rings. The van der Waals surface area contributed by atoms with Gasteiger partial charge in [0, 0.05) is 29.8 Å². The van der Waals surface area contributed by atoms with Crippen LogP contribution in [0.5, 0.6) is 0 Å². The van der Waals surface area contributed by atoms with Crippen LogP contribution in [0, 0.1) is 5.92 Å². The van der Waals surface area contributed by atoms with Gasteiger partial charge in [-0.15, -0.1) is 0 Å². The van der Waals surface area contributed by atoms with Gasteiger partial charge in [-0.25, -0.2) is 0 Å². The highest BCUT2D eigenvalue weighted by atomic mass is 16.1. The van der Waals surface area contributed by atoms with E-state index in [-0.39, 0.29) is 5.78 Å². The van der Waals surface area contributed by atoms with Crippen molar-refractivity contribution in [2.45, 2.75) is 44.9 Å². The van der Waals surface area contributed by atoms with Crippen LogP contribution in [0.2, 0.25) is 0 Å². The molecule has 0 amide bonds.